The summed E-state index contributed by atoms with van der Waals surface area (Å²) in [5, 5.41) is 6.59. The number of carbonyl (C=O) groups is 1. The first kappa shape index (κ1) is 18.7. The number of benzene rings is 2. The Morgan fingerprint density at radius 1 is 1.04 bits per heavy atom. The molecule has 0 fully saturated rings. The lowest BCUT2D eigenvalue weighted by molar-refractivity contribution is 0.0977. The predicted octanol–water partition coefficient (Wildman–Crippen LogP) is 5.42. The van der Waals surface area contributed by atoms with E-state index in [0.29, 0.717) is 15.6 Å². The molecule has 1 amide bonds. The van der Waals surface area contributed by atoms with Gasteiger partial charge in [-0.1, -0.05) is 56.1 Å². The number of nitrogens with one attached hydrogen (secondary N) is 2. The first-order chi connectivity index (χ1) is 11.2. The number of thiocarbonyl (C=S) groups is 1. The molecule has 0 heterocycles. The molecule has 0 spiro atoms. The molecule has 0 aliphatic carbocycles. The van der Waals surface area contributed by atoms with Crippen LogP contribution in [0.25, 0.3) is 0 Å². The molecule has 0 aliphatic heterocycles. The summed E-state index contributed by atoms with van der Waals surface area (Å²) >= 11 is 17.0. The van der Waals surface area contributed by atoms with Crippen molar-refractivity contribution in [1.29, 1.82) is 0 Å². The quantitative estimate of drug-likeness (QED) is 0.683. The van der Waals surface area contributed by atoms with Gasteiger partial charge in [-0.15, -0.1) is 0 Å². The second-order valence-corrected chi connectivity index (χ2v) is 7.59. The molecule has 0 bridgehead atoms. The maximum atomic E-state index is 12.2. The maximum absolute atomic E-state index is 12.2. The molecule has 0 unspecified atom stereocenters. The number of rotatable bonds is 2. The Morgan fingerprint density at radius 2 is 1.75 bits per heavy atom. The van der Waals surface area contributed by atoms with Gasteiger partial charge in [-0.3, -0.25) is 10.1 Å². The van der Waals surface area contributed by atoms with Crippen LogP contribution in [0.4, 0.5) is 5.69 Å². The fraction of sp³-hybridized carbons (Fsp3) is 0.222. The Morgan fingerprint density at radius 3 is 2.38 bits per heavy atom. The summed E-state index contributed by atoms with van der Waals surface area (Å²) in [5.41, 5.74) is 2.41. The molecule has 0 radical (unpaired) electrons. The van der Waals surface area contributed by atoms with Crippen LogP contribution in [0.15, 0.2) is 42.5 Å². The van der Waals surface area contributed by atoms with Crippen molar-refractivity contribution in [2.75, 3.05) is 5.32 Å². The van der Waals surface area contributed by atoms with Gasteiger partial charge in [-0.25, -0.2) is 0 Å². The Labute approximate surface area is 157 Å². The monoisotopic (exact) mass is 380 g/mol. The van der Waals surface area contributed by atoms with Crippen molar-refractivity contribution in [3.05, 3.63) is 63.6 Å². The zero-order chi connectivity index (χ0) is 17.9. The smallest absolute Gasteiger partial charge is 0.257 e. The highest BCUT2D eigenvalue weighted by Gasteiger charge is 2.14. The van der Waals surface area contributed by atoms with E-state index in [4.69, 9.17) is 35.4 Å². The van der Waals surface area contributed by atoms with Crippen LogP contribution in [-0.2, 0) is 5.41 Å². The number of hydrogen-bond acceptors (Lipinski definition) is 2. The van der Waals surface area contributed by atoms with Crippen molar-refractivity contribution in [1.82, 2.24) is 5.32 Å². The Balaban J connectivity index is 2.05. The number of anilines is 1. The molecule has 2 rings (SSSR count). The van der Waals surface area contributed by atoms with Gasteiger partial charge in [-0.05, 0) is 53.5 Å². The number of halogens is 2. The second kappa shape index (κ2) is 7.51. The summed E-state index contributed by atoms with van der Waals surface area (Å²) in [6, 6.07) is 12.6. The lowest BCUT2D eigenvalue weighted by Gasteiger charge is -2.20. The zero-order valence-electron chi connectivity index (χ0n) is 13.6. The average Bonchev–Trinajstić information content (AvgIpc) is 2.49. The first-order valence-electron chi connectivity index (χ1n) is 7.35. The maximum Gasteiger partial charge on any atom is 0.257 e. The van der Waals surface area contributed by atoms with Crippen LogP contribution in [0.2, 0.25) is 10.0 Å². The molecule has 126 valence electrons. The molecule has 0 aromatic heterocycles. The Kier molecular flexibility index (Phi) is 5.86. The fourth-order valence-electron chi connectivity index (χ4n) is 2.04. The van der Waals surface area contributed by atoms with Crippen molar-refractivity contribution >= 4 is 52.1 Å². The predicted molar refractivity (Wildman–Crippen MR) is 105 cm³/mol. The van der Waals surface area contributed by atoms with Gasteiger partial charge in [0, 0.05) is 11.3 Å². The summed E-state index contributed by atoms with van der Waals surface area (Å²) < 4.78 is 0. The molecule has 2 aromatic rings. The van der Waals surface area contributed by atoms with Crippen molar-refractivity contribution in [3.63, 3.8) is 0 Å². The third kappa shape index (κ3) is 4.94. The third-order valence-electron chi connectivity index (χ3n) is 3.40. The summed E-state index contributed by atoms with van der Waals surface area (Å²) in [4.78, 5) is 12.2. The van der Waals surface area contributed by atoms with Gasteiger partial charge in [0.1, 0.15) is 0 Å². The van der Waals surface area contributed by atoms with E-state index < -0.39 is 0 Å². The summed E-state index contributed by atoms with van der Waals surface area (Å²) in [6.45, 7) is 6.41. The molecule has 0 saturated carbocycles. The number of hydrogen-bond donors (Lipinski definition) is 2. The van der Waals surface area contributed by atoms with E-state index in [-0.39, 0.29) is 16.4 Å². The van der Waals surface area contributed by atoms with Gasteiger partial charge in [-0.2, -0.15) is 0 Å². The second-order valence-electron chi connectivity index (χ2n) is 6.37. The molecule has 24 heavy (non-hydrogen) atoms. The highest BCUT2D eigenvalue weighted by atomic mass is 35.5. The van der Waals surface area contributed by atoms with Crippen molar-refractivity contribution in [2.45, 2.75) is 26.2 Å². The number of amides is 1. The van der Waals surface area contributed by atoms with Gasteiger partial charge in [0.25, 0.3) is 5.91 Å². The van der Waals surface area contributed by atoms with Crippen molar-refractivity contribution < 1.29 is 4.79 Å². The van der Waals surface area contributed by atoms with Crippen LogP contribution in [0.1, 0.15) is 36.7 Å². The number of carbonyl (C=O) groups excluding carboxylic acids is 1. The normalized spacial score (nSPS) is 11.0. The molecule has 0 aliphatic rings. The molecular weight excluding hydrogens is 363 g/mol. The highest BCUT2D eigenvalue weighted by Crippen LogP contribution is 2.25. The SMILES string of the molecule is CC(C)(C)c1cccc(NC(=S)NC(=O)c2ccc(Cl)c(Cl)c2)c1. The van der Waals surface area contributed by atoms with E-state index in [0.717, 1.165) is 5.69 Å². The van der Waals surface area contributed by atoms with Crippen molar-refractivity contribution in [3.8, 4) is 0 Å². The summed E-state index contributed by atoms with van der Waals surface area (Å²) in [7, 11) is 0. The average molecular weight is 381 g/mol. The highest BCUT2D eigenvalue weighted by molar-refractivity contribution is 7.80. The molecule has 3 nitrogen and oxygen atoms in total. The van der Waals surface area contributed by atoms with Crippen LogP contribution < -0.4 is 10.6 Å². The van der Waals surface area contributed by atoms with Gasteiger partial charge in [0.15, 0.2) is 5.11 Å². The van der Waals surface area contributed by atoms with Crippen LogP contribution in [0.5, 0.6) is 0 Å². The molecule has 0 atom stereocenters. The molecule has 0 saturated heterocycles. The molecule has 2 N–H and O–H groups in total. The summed E-state index contributed by atoms with van der Waals surface area (Å²) in [5.74, 6) is -0.349. The lowest BCUT2D eigenvalue weighted by Crippen LogP contribution is -2.34. The minimum absolute atomic E-state index is 0.0304. The van der Waals surface area contributed by atoms with Gasteiger partial charge in [0.2, 0.25) is 0 Å². The van der Waals surface area contributed by atoms with E-state index in [2.05, 4.69) is 37.5 Å². The van der Waals surface area contributed by atoms with E-state index in [1.54, 1.807) is 12.1 Å². The first-order valence-corrected chi connectivity index (χ1v) is 8.51. The minimum Gasteiger partial charge on any atom is -0.332 e. The topological polar surface area (TPSA) is 41.1 Å². The largest absolute Gasteiger partial charge is 0.332 e. The fourth-order valence-corrected chi connectivity index (χ4v) is 2.55. The molecule has 2 aromatic carbocycles. The van der Waals surface area contributed by atoms with Crippen LogP contribution >= 0.6 is 35.4 Å². The van der Waals surface area contributed by atoms with Crippen molar-refractivity contribution in [2.24, 2.45) is 0 Å². The zero-order valence-corrected chi connectivity index (χ0v) is 15.9. The lowest BCUT2D eigenvalue weighted by atomic mass is 9.87. The van der Waals surface area contributed by atoms with Crippen LogP contribution in [0.3, 0.4) is 0 Å². The summed E-state index contributed by atoms with van der Waals surface area (Å²) in [6.07, 6.45) is 0. The van der Waals surface area contributed by atoms with E-state index >= 15 is 0 Å². The van der Waals surface area contributed by atoms with Gasteiger partial charge in [0.05, 0.1) is 10.0 Å². The molecule has 6 heteroatoms. The van der Waals surface area contributed by atoms with Crippen LogP contribution in [-0.4, -0.2) is 11.0 Å². The molecular formula is C18H18Cl2N2OS. The van der Waals surface area contributed by atoms with E-state index in [1.807, 2.05) is 18.2 Å². The Bertz CT molecular complexity index is 785. The van der Waals surface area contributed by atoms with E-state index in [1.165, 1.54) is 11.6 Å². The van der Waals surface area contributed by atoms with Gasteiger partial charge < -0.3 is 5.32 Å². The Hall–Kier alpha value is -1.62. The standard InChI is InChI=1S/C18H18Cl2N2OS/c1-18(2,3)12-5-4-6-13(10-12)21-17(24)22-16(23)11-7-8-14(19)15(20)9-11/h4-10H,1-3H3,(H2,21,22,23,24). The van der Waals surface area contributed by atoms with Crippen LogP contribution in [0, 0.1) is 0 Å². The van der Waals surface area contributed by atoms with Gasteiger partial charge >= 0.3 is 0 Å². The third-order valence-corrected chi connectivity index (χ3v) is 4.34. The van der Waals surface area contributed by atoms with E-state index in [9.17, 15) is 4.79 Å². The minimum atomic E-state index is -0.349.